The number of carbonyl (C=O) groups is 1. The van der Waals surface area contributed by atoms with Crippen LogP contribution in [0.2, 0.25) is 0 Å². The largest absolute Gasteiger partial charge is 0.322 e. The SMILES string of the molecule is O=C(Nc1ccc(F)cc1)c1cc(C#Cc2ccncc2)ccc1F. The third kappa shape index (κ3) is 4.27. The molecule has 0 saturated carbocycles. The number of amides is 1. The van der Waals surface area contributed by atoms with Gasteiger partial charge in [0.1, 0.15) is 11.6 Å². The fourth-order valence-electron chi connectivity index (χ4n) is 2.09. The van der Waals surface area contributed by atoms with E-state index in [1.165, 1.54) is 42.5 Å². The third-order valence-corrected chi connectivity index (χ3v) is 3.34. The molecular formula is C20H12F2N2O. The second-order valence-electron chi connectivity index (χ2n) is 5.14. The van der Waals surface area contributed by atoms with E-state index in [1.807, 2.05) is 0 Å². The van der Waals surface area contributed by atoms with Gasteiger partial charge in [0.2, 0.25) is 0 Å². The van der Waals surface area contributed by atoms with Gasteiger partial charge in [-0.3, -0.25) is 9.78 Å². The summed E-state index contributed by atoms with van der Waals surface area (Å²) in [7, 11) is 0. The van der Waals surface area contributed by atoms with E-state index in [0.29, 0.717) is 11.3 Å². The van der Waals surface area contributed by atoms with Crippen molar-refractivity contribution in [1.29, 1.82) is 0 Å². The molecule has 25 heavy (non-hydrogen) atoms. The number of nitrogens with one attached hydrogen (secondary N) is 1. The normalized spacial score (nSPS) is 9.84. The topological polar surface area (TPSA) is 42.0 Å². The van der Waals surface area contributed by atoms with Crippen molar-refractivity contribution in [3.05, 3.63) is 95.3 Å². The first-order valence-corrected chi connectivity index (χ1v) is 7.40. The summed E-state index contributed by atoms with van der Waals surface area (Å²) in [6.45, 7) is 0. The average Bonchev–Trinajstić information content (AvgIpc) is 2.64. The molecule has 0 aliphatic heterocycles. The maximum absolute atomic E-state index is 14.0. The smallest absolute Gasteiger partial charge is 0.258 e. The molecule has 1 N–H and O–H groups in total. The average molecular weight is 334 g/mol. The summed E-state index contributed by atoms with van der Waals surface area (Å²) in [6, 6.07) is 12.8. The van der Waals surface area contributed by atoms with Crippen LogP contribution < -0.4 is 5.32 Å². The fraction of sp³-hybridized carbons (Fsp3) is 0. The molecule has 1 amide bonds. The van der Waals surface area contributed by atoms with Gasteiger partial charge < -0.3 is 5.32 Å². The Balaban J connectivity index is 1.83. The van der Waals surface area contributed by atoms with E-state index < -0.39 is 17.5 Å². The zero-order valence-corrected chi connectivity index (χ0v) is 13.0. The minimum atomic E-state index is -0.658. The van der Waals surface area contributed by atoms with E-state index in [2.05, 4.69) is 22.1 Å². The van der Waals surface area contributed by atoms with Crippen molar-refractivity contribution in [1.82, 2.24) is 4.98 Å². The first-order valence-electron chi connectivity index (χ1n) is 7.40. The fourth-order valence-corrected chi connectivity index (χ4v) is 2.09. The number of pyridine rings is 1. The summed E-state index contributed by atoms with van der Waals surface area (Å²) in [6.07, 6.45) is 3.24. The van der Waals surface area contributed by atoms with Crippen molar-refractivity contribution < 1.29 is 13.6 Å². The van der Waals surface area contributed by atoms with Crippen LogP contribution in [0, 0.1) is 23.5 Å². The molecule has 122 valence electrons. The Hall–Kier alpha value is -3.52. The van der Waals surface area contributed by atoms with Crippen molar-refractivity contribution in [2.75, 3.05) is 5.32 Å². The zero-order valence-electron chi connectivity index (χ0n) is 13.0. The van der Waals surface area contributed by atoms with Crippen LogP contribution in [0.4, 0.5) is 14.5 Å². The van der Waals surface area contributed by atoms with Crippen LogP contribution in [0.3, 0.4) is 0 Å². The predicted octanol–water partition coefficient (Wildman–Crippen LogP) is 4.01. The van der Waals surface area contributed by atoms with Crippen molar-refractivity contribution in [3.8, 4) is 11.8 Å². The summed E-state index contributed by atoms with van der Waals surface area (Å²) >= 11 is 0. The lowest BCUT2D eigenvalue weighted by molar-refractivity contribution is 0.102. The second kappa shape index (κ2) is 7.37. The van der Waals surface area contributed by atoms with E-state index in [9.17, 15) is 13.6 Å². The molecule has 0 aliphatic carbocycles. The second-order valence-corrected chi connectivity index (χ2v) is 5.14. The number of benzene rings is 2. The lowest BCUT2D eigenvalue weighted by Gasteiger charge is -2.06. The Morgan fingerprint density at radius 3 is 2.28 bits per heavy atom. The molecule has 1 aromatic heterocycles. The van der Waals surface area contributed by atoms with Crippen molar-refractivity contribution in [3.63, 3.8) is 0 Å². The number of carbonyl (C=O) groups excluding carboxylic acids is 1. The van der Waals surface area contributed by atoms with Gasteiger partial charge >= 0.3 is 0 Å². The Bertz CT molecular complexity index is 958. The van der Waals surface area contributed by atoms with Gasteiger partial charge in [-0.25, -0.2) is 8.78 Å². The first kappa shape index (κ1) is 16.3. The van der Waals surface area contributed by atoms with E-state index in [-0.39, 0.29) is 5.56 Å². The molecule has 0 aliphatic rings. The van der Waals surface area contributed by atoms with Gasteiger partial charge in [-0.2, -0.15) is 0 Å². The van der Waals surface area contributed by atoms with Crippen LogP contribution in [-0.4, -0.2) is 10.9 Å². The van der Waals surface area contributed by atoms with Gasteiger partial charge in [0.15, 0.2) is 0 Å². The lowest BCUT2D eigenvalue weighted by atomic mass is 10.1. The van der Waals surface area contributed by atoms with Gasteiger partial charge in [-0.15, -0.1) is 0 Å². The van der Waals surface area contributed by atoms with E-state index in [0.717, 1.165) is 5.56 Å². The number of nitrogens with zero attached hydrogens (tertiary/aromatic N) is 1. The number of halogens is 2. The molecule has 0 radical (unpaired) electrons. The summed E-state index contributed by atoms with van der Waals surface area (Å²) < 4.78 is 26.9. The van der Waals surface area contributed by atoms with E-state index in [1.54, 1.807) is 24.5 Å². The maximum Gasteiger partial charge on any atom is 0.258 e. The van der Waals surface area contributed by atoms with Crippen LogP contribution in [0.25, 0.3) is 0 Å². The lowest BCUT2D eigenvalue weighted by Crippen LogP contribution is -2.14. The number of anilines is 1. The molecule has 0 fully saturated rings. The monoisotopic (exact) mass is 334 g/mol. The first-order chi connectivity index (χ1) is 12.1. The van der Waals surface area contributed by atoms with Gasteiger partial charge in [-0.1, -0.05) is 11.8 Å². The summed E-state index contributed by atoms with van der Waals surface area (Å²) in [5, 5.41) is 2.53. The molecule has 3 rings (SSSR count). The molecule has 5 heteroatoms. The number of aromatic nitrogens is 1. The highest BCUT2D eigenvalue weighted by molar-refractivity contribution is 6.04. The number of rotatable bonds is 2. The Morgan fingerprint density at radius 1 is 0.880 bits per heavy atom. The minimum Gasteiger partial charge on any atom is -0.322 e. The van der Waals surface area contributed by atoms with Gasteiger partial charge in [0.25, 0.3) is 5.91 Å². The standard InChI is InChI=1S/C20H12F2N2O/c21-16-4-6-17(7-5-16)24-20(25)18-13-15(3-8-19(18)22)2-1-14-9-11-23-12-10-14/h3-13H,(H,24,25). The maximum atomic E-state index is 14.0. The highest BCUT2D eigenvalue weighted by atomic mass is 19.1. The third-order valence-electron chi connectivity index (χ3n) is 3.34. The molecule has 1 heterocycles. The molecule has 0 unspecified atom stereocenters. The molecule has 2 aromatic carbocycles. The summed E-state index contributed by atoms with van der Waals surface area (Å²) in [4.78, 5) is 16.1. The molecule has 0 atom stereocenters. The Labute approximate surface area is 143 Å². The molecule has 0 bridgehead atoms. The summed E-state index contributed by atoms with van der Waals surface area (Å²) in [5.41, 5.74) is 1.50. The highest BCUT2D eigenvalue weighted by Gasteiger charge is 2.12. The van der Waals surface area contributed by atoms with Crippen LogP contribution in [-0.2, 0) is 0 Å². The molecule has 3 aromatic rings. The minimum absolute atomic E-state index is 0.133. The van der Waals surface area contributed by atoms with Crippen LogP contribution in [0.5, 0.6) is 0 Å². The van der Waals surface area contributed by atoms with Gasteiger partial charge in [0.05, 0.1) is 5.56 Å². The molecule has 3 nitrogen and oxygen atoms in total. The summed E-state index contributed by atoms with van der Waals surface area (Å²) in [5.74, 6) is 4.09. The van der Waals surface area contributed by atoms with Crippen molar-refractivity contribution in [2.45, 2.75) is 0 Å². The van der Waals surface area contributed by atoms with E-state index in [4.69, 9.17) is 0 Å². The van der Waals surface area contributed by atoms with Crippen LogP contribution in [0.15, 0.2) is 67.0 Å². The van der Waals surface area contributed by atoms with Crippen molar-refractivity contribution >= 4 is 11.6 Å². The molecule has 0 saturated heterocycles. The van der Waals surface area contributed by atoms with Gasteiger partial charge in [0, 0.05) is 29.2 Å². The zero-order chi connectivity index (χ0) is 17.6. The predicted molar refractivity (Wildman–Crippen MR) is 91.0 cm³/mol. The Kier molecular flexibility index (Phi) is 4.82. The Morgan fingerprint density at radius 2 is 1.56 bits per heavy atom. The molecular weight excluding hydrogens is 322 g/mol. The quantitative estimate of drug-likeness (QED) is 0.720. The number of hydrogen-bond donors (Lipinski definition) is 1. The number of hydrogen-bond acceptors (Lipinski definition) is 2. The van der Waals surface area contributed by atoms with E-state index >= 15 is 0 Å². The highest BCUT2D eigenvalue weighted by Crippen LogP contribution is 2.14. The van der Waals surface area contributed by atoms with Crippen LogP contribution >= 0.6 is 0 Å². The van der Waals surface area contributed by atoms with Gasteiger partial charge in [-0.05, 0) is 54.6 Å². The van der Waals surface area contributed by atoms with Crippen LogP contribution in [0.1, 0.15) is 21.5 Å². The van der Waals surface area contributed by atoms with Crippen molar-refractivity contribution in [2.24, 2.45) is 0 Å². The molecule has 0 spiro atoms.